The lowest BCUT2D eigenvalue weighted by Gasteiger charge is -2.09. The molecule has 7 heteroatoms. The van der Waals surface area contributed by atoms with E-state index in [2.05, 4.69) is 10.6 Å². The molecule has 3 N–H and O–H groups in total. The lowest BCUT2D eigenvalue weighted by atomic mass is 10.0. The predicted octanol–water partition coefficient (Wildman–Crippen LogP) is 3.55. The highest BCUT2D eigenvalue weighted by Crippen LogP contribution is 2.33. The Hall–Kier alpha value is -4.13. The van der Waals surface area contributed by atoms with Crippen molar-refractivity contribution in [2.24, 2.45) is 0 Å². The molecular weight excluding hydrogens is 372 g/mol. The van der Waals surface area contributed by atoms with Gasteiger partial charge in [0.2, 0.25) is 0 Å². The minimum atomic E-state index is -1.03. The van der Waals surface area contributed by atoms with Crippen LogP contribution < -0.4 is 10.6 Å². The molecule has 2 aromatic carbocycles. The monoisotopic (exact) mass is 388 g/mol. The Bertz CT molecular complexity index is 1170. The van der Waals surface area contributed by atoms with Crippen LogP contribution in [0.15, 0.2) is 70.8 Å². The van der Waals surface area contributed by atoms with Gasteiger partial charge in [-0.05, 0) is 42.3 Å². The lowest BCUT2D eigenvalue weighted by Crippen LogP contribution is -2.22. The Morgan fingerprint density at radius 1 is 0.931 bits per heavy atom. The zero-order chi connectivity index (χ0) is 20.5. The highest BCUT2D eigenvalue weighted by molar-refractivity contribution is 6.16. The van der Waals surface area contributed by atoms with Crippen molar-refractivity contribution < 1.29 is 23.9 Å². The van der Waals surface area contributed by atoms with Gasteiger partial charge in [-0.15, -0.1) is 0 Å². The van der Waals surface area contributed by atoms with Gasteiger partial charge >= 0.3 is 12.0 Å². The number of aromatic carboxylic acids is 1. The maximum absolute atomic E-state index is 12.3. The van der Waals surface area contributed by atoms with E-state index in [1.807, 2.05) is 25.1 Å². The number of benzene rings is 2. The molecule has 0 saturated carbocycles. The highest BCUT2D eigenvalue weighted by atomic mass is 16.4. The number of imide groups is 1. The van der Waals surface area contributed by atoms with Gasteiger partial charge in [-0.1, -0.05) is 36.4 Å². The minimum absolute atomic E-state index is 0.0955. The second-order valence-corrected chi connectivity index (χ2v) is 6.52. The fraction of sp³-hybridized carbons (Fsp3) is 0.0455. The number of urea groups is 1. The summed E-state index contributed by atoms with van der Waals surface area (Å²) in [7, 11) is 0. The number of furan rings is 1. The zero-order valence-electron chi connectivity index (χ0n) is 15.4. The maximum Gasteiger partial charge on any atom is 0.335 e. The molecular formula is C22H16N2O5. The molecule has 0 spiro atoms. The first-order valence-electron chi connectivity index (χ1n) is 8.80. The molecule has 3 aromatic rings. The van der Waals surface area contributed by atoms with E-state index in [0.717, 1.165) is 5.56 Å². The summed E-state index contributed by atoms with van der Waals surface area (Å²) in [6, 6.07) is 16.7. The van der Waals surface area contributed by atoms with Gasteiger partial charge in [0.25, 0.3) is 5.91 Å². The molecule has 1 aliphatic heterocycles. The molecule has 4 rings (SSSR count). The zero-order valence-corrected chi connectivity index (χ0v) is 15.4. The average molecular weight is 388 g/mol. The standard InChI is InChI=1S/C22H16N2O5/c1-12-7-8-14(21(26)27)11-15(12)16-9-10-17(29-16)18(13-5-3-2-4-6-13)19-20(25)24-22(28)23-19/h2-11H,1H3,(H,26,27)(H2,23,24,25,28). The molecule has 7 nitrogen and oxygen atoms in total. The lowest BCUT2D eigenvalue weighted by molar-refractivity contribution is -0.115. The van der Waals surface area contributed by atoms with Crippen molar-refractivity contribution in [1.82, 2.24) is 10.6 Å². The van der Waals surface area contributed by atoms with Crippen molar-refractivity contribution in [2.75, 3.05) is 0 Å². The Kier molecular flexibility index (Phi) is 4.48. The topological polar surface area (TPSA) is 109 Å². The molecule has 1 saturated heterocycles. The van der Waals surface area contributed by atoms with Crippen molar-refractivity contribution in [2.45, 2.75) is 6.92 Å². The largest absolute Gasteiger partial charge is 0.478 e. The number of rotatable bonds is 4. The Balaban J connectivity index is 1.86. The Labute approximate surface area is 165 Å². The summed E-state index contributed by atoms with van der Waals surface area (Å²) in [6.45, 7) is 1.85. The summed E-state index contributed by atoms with van der Waals surface area (Å²) in [6.07, 6.45) is 0. The number of carbonyl (C=O) groups is 3. The van der Waals surface area contributed by atoms with Crippen LogP contribution in [-0.4, -0.2) is 23.0 Å². The molecule has 0 bridgehead atoms. The molecule has 2 heterocycles. The molecule has 1 aromatic heterocycles. The van der Waals surface area contributed by atoms with Gasteiger partial charge in [0.15, 0.2) is 0 Å². The average Bonchev–Trinajstić information content (AvgIpc) is 3.30. The van der Waals surface area contributed by atoms with E-state index in [4.69, 9.17) is 4.42 Å². The number of hydrogen-bond acceptors (Lipinski definition) is 4. The van der Waals surface area contributed by atoms with Gasteiger partial charge in [-0.2, -0.15) is 0 Å². The van der Waals surface area contributed by atoms with Crippen molar-refractivity contribution in [3.63, 3.8) is 0 Å². The van der Waals surface area contributed by atoms with Crippen molar-refractivity contribution in [3.05, 3.63) is 88.8 Å². The Morgan fingerprint density at radius 2 is 1.69 bits per heavy atom. The van der Waals surface area contributed by atoms with Gasteiger partial charge in [-0.3, -0.25) is 10.1 Å². The third kappa shape index (κ3) is 3.41. The van der Waals surface area contributed by atoms with E-state index in [1.165, 1.54) is 6.07 Å². The number of carboxylic acid groups (broad SMARTS) is 1. The van der Waals surface area contributed by atoms with E-state index in [-0.39, 0.29) is 11.3 Å². The van der Waals surface area contributed by atoms with Crippen LogP contribution in [-0.2, 0) is 4.79 Å². The smallest absolute Gasteiger partial charge is 0.335 e. The molecule has 1 fully saturated rings. The summed E-state index contributed by atoms with van der Waals surface area (Å²) in [5, 5.41) is 14.0. The number of amides is 3. The minimum Gasteiger partial charge on any atom is -0.478 e. The SMILES string of the molecule is Cc1ccc(C(=O)O)cc1-c1ccc(C(=C2NC(=O)NC2=O)c2ccccc2)o1. The number of aryl methyl sites for hydroxylation is 1. The van der Waals surface area contributed by atoms with Crippen LogP contribution in [0.3, 0.4) is 0 Å². The first-order chi connectivity index (χ1) is 13.9. The summed E-state index contributed by atoms with van der Waals surface area (Å²) in [4.78, 5) is 35.2. The molecule has 3 amide bonds. The number of carbonyl (C=O) groups excluding carboxylic acids is 2. The van der Waals surface area contributed by atoms with E-state index < -0.39 is 17.9 Å². The maximum atomic E-state index is 12.3. The van der Waals surface area contributed by atoms with E-state index in [9.17, 15) is 19.5 Å². The second kappa shape index (κ2) is 7.12. The highest BCUT2D eigenvalue weighted by Gasteiger charge is 2.29. The fourth-order valence-corrected chi connectivity index (χ4v) is 3.20. The van der Waals surface area contributed by atoms with Crippen molar-refractivity contribution in [1.29, 1.82) is 0 Å². The first kappa shape index (κ1) is 18.2. The first-order valence-corrected chi connectivity index (χ1v) is 8.80. The van der Waals surface area contributed by atoms with Crippen molar-refractivity contribution >= 4 is 23.5 Å². The van der Waals surface area contributed by atoms with Gasteiger partial charge < -0.3 is 14.8 Å². The van der Waals surface area contributed by atoms with Gasteiger partial charge in [0.05, 0.1) is 11.1 Å². The fourth-order valence-electron chi connectivity index (χ4n) is 3.20. The van der Waals surface area contributed by atoms with Gasteiger partial charge in [0.1, 0.15) is 17.2 Å². The summed E-state index contributed by atoms with van der Waals surface area (Å²) in [5.41, 5.74) is 2.85. The van der Waals surface area contributed by atoms with E-state index in [1.54, 1.807) is 36.4 Å². The molecule has 0 aliphatic carbocycles. The second-order valence-electron chi connectivity index (χ2n) is 6.52. The number of nitrogens with one attached hydrogen (secondary N) is 2. The van der Waals surface area contributed by atoms with Crippen LogP contribution in [0.25, 0.3) is 16.9 Å². The molecule has 0 atom stereocenters. The molecule has 0 unspecified atom stereocenters. The molecule has 29 heavy (non-hydrogen) atoms. The van der Waals surface area contributed by atoms with Crippen LogP contribution in [0.4, 0.5) is 4.79 Å². The third-order valence-electron chi connectivity index (χ3n) is 4.61. The van der Waals surface area contributed by atoms with Crippen LogP contribution in [0.1, 0.15) is 27.2 Å². The van der Waals surface area contributed by atoms with Crippen LogP contribution in [0, 0.1) is 6.92 Å². The van der Waals surface area contributed by atoms with Gasteiger partial charge in [0, 0.05) is 5.56 Å². The normalized spacial score (nSPS) is 15.1. The predicted molar refractivity (Wildman–Crippen MR) is 105 cm³/mol. The summed E-state index contributed by atoms with van der Waals surface area (Å²) < 4.78 is 6.02. The molecule has 0 radical (unpaired) electrons. The Morgan fingerprint density at radius 3 is 2.34 bits per heavy atom. The summed E-state index contributed by atoms with van der Waals surface area (Å²) in [5.74, 6) is -0.746. The van der Waals surface area contributed by atoms with Crippen LogP contribution >= 0.6 is 0 Å². The van der Waals surface area contributed by atoms with Crippen LogP contribution in [0.5, 0.6) is 0 Å². The summed E-state index contributed by atoms with van der Waals surface area (Å²) >= 11 is 0. The quantitative estimate of drug-likeness (QED) is 0.468. The van der Waals surface area contributed by atoms with E-state index in [0.29, 0.717) is 28.2 Å². The molecule has 1 aliphatic rings. The van der Waals surface area contributed by atoms with Gasteiger partial charge in [-0.25, -0.2) is 9.59 Å². The number of carboxylic acids is 1. The number of hydrogen-bond donors (Lipinski definition) is 3. The van der Waals surface area contributed by atoms with Crippen LogP contribution in [0.2, 0.25) is 0 Å². The third-order valence-corrected chi connectivity index (χ3v) is 4.61. The molecule has 144 valence electrons. The van der Waals surface area contributed by atoms with Crippen molar-refractivity contribution in [3.8, 4) is 11.3 Å². The van der Waals surface area contributed by atoms with E-state index >= 15 is 0 Å².